The minimum atomic E-state index is -0.185. The number of carbonyl (C=O) groups excluding carboxylic acids is 1. The summed E-state index contributed by atoms with van der Waals surface area (Å²) in [7, 11) is 1.84. The van der Waals surface area contributed by atoms with Crippen LogP contribution in [0.15, 0.2) is 0 Å². The predicted octanol–water partition coefficient (Wildman–Crippen LogP) is 0.374. The lowest BCUT2D eigenvalue weighted by molar-refractivity contribution is -0.140. The third-order valence-corrected chi connectivity index (χ3v) is 3.35. The summed E-state index contributed by atoms with van der Waals surface area (Å²) in [6, 6.07) is 0.590. The molecule has 0 aromatic heterocycles. The first-order valence-corrected chi connectivity index (χ1v) is 5.80. The highest BCUT2D eigenvalue weighted by Gasteiger charge is 2.32. The molecule has 2 saturated heterocycles. The fraction of sp³-hybridized carbons (Fsp3) is 0.909. The van der Waals surface area contributed by atoms with Crippen LogP contribution in [0.4, 0.5) is 0 Å². The Morgan fingerprint density at radius 3 is 2.73 bits per heavy atom. The topological polar surface area (TPSA) is 41.6 Å². The van der Waals surface area contributed by atoms with Crippen LogP contribution in [0.3, 0.4) is 0 Å². The summed E-state index contributed by atoms with van der Waals surface area (Å²) in [6.45, 7) is 3.90. The van der Waals surface area contributed by atoms with Crippen LogP contribution in [-0.2, 0) is 9.53 Å². The minimum Gasteiger partial charge on any atom is -0.364 e. The molecule has 0 radical (unpaired) electrons. The molecule has 0 spiro atoms. The smallest absolute Gasteiger partial charge is 0.251 e. The number of ether oxygens (including phenoxy) is 1. The van der Waals surface area contributed by atoms with Crippen LogP contribution in [-0.4, -0.2) is 49.2 Å². The van der Waals surface area contributed by atoms with E-state index in [2.05, 4.69) is 12.2 Å². The first kappa shape index (κ1) is 10.9. The number of amides is 1. The van der Waals surface area contributed by atoms with Crippen LogP contribution in [0.5, 0.6) is 0 Å². The lowest BCUT2D eigenvalue weighted by atomic mass is 10.0. The highest BCUT2D eigenvalue weighted by atomic mass is 16.5. The van der Waals surface area contributed by atoms with Crippen LogP contribution < -0.4 is 5.32 Å². The van der Waals surface area contributed by atoms with Gasteiger partial charge in [0, 0.05) is 32.6 Å². The fourth-order valence-corrected chi connectivity index (χ4v) is 2.24. The quantitative estimate of drug-likeness (QED) is 0.719. The van der Waals surface area contributed by atoms with E-state index in [9.17, 15) is 4.79 Å². The Kier molecular flexibility index (Phi) is 3.26. The molecule has 0 aromatic rings. The molecule has 1 N–H and O–H groups in total. The van der Waals surface area contributed by atoms with E-state index < -0.39 is 0 Å². The summed E-state index contributed by atoms with van der Waals surface area (Å²) in [4.78, 5) is 13.4. The van der Waals surface area contributed by atoms with Crippen LogP contribution in [0.2, 0.25) is 0 Å². The van der Waals surface area contributed by atoms with E-state index in [4.69, 9.17) is 4.74 Å². The Labute approximate surface area is 91.0 Å². The van der Waals surface area contributed by atoms with Gasteiger partial charge in [0.25, 0.3) is 5.91 Å². The average molecular weight is 212 g/mol. The van der Waals surface area contributed by atoms with Gasteiger partial charge in [-0.15, -0.1) is 0 Å². The monoisotopic (exact) mass is 212 g/mol. The van der Waals surface area contributed by atoms with E-state index >= 15 is 0 Å². The van der Waals surface area contributed by atoms with Crippen LogP contribution >= 0.6 is 0 Å². The molecule has 2 heterocycles. The van der Waals surface area contributed by atoms with Crippen LogP contribution in [0, 0.1) is 0 Å². The molecule has 0 bridgehead atoms. The number of nitrogens with zero attached hydrogens (tertiary/aromatic N) is 1. The van der Waals surface area contributed by atoms with Crippen molar-refractivity contribution in [1.29, 1.82) is 0 Å². The Bertz CT molecular complexity index is 237. The van der Waals surface area contributed by atoms with Gasteiger partial charge in [-0.25, -0.2) is 0 Å². The third kappa shape index (κ3) is 2.49. The van der Waals surface area contributed by atoms with E-state index in [1.54, 1.807) is 4.90 Å². The maximum absolute atomic E-state index is 11.6. The van der Waals surface area contributed by atoms with Gasteiger partial charge < -0.3 is 15.0 Å². The highest BCUT2D eigenvalue weighted by Crippen LogP contribution is 2.18. The Morgan fingerprint density at radius 2 is 2.20 bits per heavy atom. The second-order valence-electron chi connectivity index (χ2n) is 4.68. The molecule has 86 valence electrons. The molecule has 0 aromatic carbocycles. The van der Waals surface area contributed by atoms with Crippen molar-refractivity contribution in [3.8, 4) is 0 Å². The van der Waals surface area contributed by atoms with Gasteiger partial charge >= 0.3 is 0 Å². The molecule has 4 heteroatoms. The number of rotatable bonds is 2. The van der Waals surface area contributed by atoms with Crippen molar-refractivity contribution < 1.29 is 9.53 Å². The molecule has 15 heavy (non-hydrogen) atoms. The van der Waals surface area contributed by atoms with Gasteiger partial charge in [0.1, 0.15) is 6.10 Å². The molecular weight excluding hydrogens is 192 g/mol. The lowest BCUT2D eigenvalue weighted by Crippen LogP contribution is -2.43. The van der Waals surface area contributed by atoms with Crippen LogP contribution in [0.1, 0.15) is 26.2 Å². The summed E-state index contributed by atoms with van der Waals surface area (Å²) in [6.07, 6.45) is 3.10. The molecule has 1 amide bonds. The SMILES string of the molecule is CC1CCC(OC2CCN(C)C2=O)CN1. The summed E-state index contributed by atoms with van der Waals surface area (Å²) < 4.78 is 5.83. The fourth-order valence-electron chi connectivity index (χ4n) is 2.24. The van der Waals surface area contributed by atoms with Gasteiger partial charge in [-0.3, -0.25) is 4.79 Å². The lowest BCUT2D eigenvalue weighted by Gasteiger charge is -2.29. The van der Waals surface area contributed by atoms with Gasteiger partial charge in [0.15, 0.2) is 0 Å². The number of hydrogen-bond acceptors (Lipinski definition) is 3. The van der Waals surface area contributed by atoms with Crippen LogP contribution in [0.25, 0.3) is 0 Å². The van der Waals surface area contributed by atoms with E-state index in [1.165, 1.54) is 0 Å². The van der Waals surface area contributed by atoms with E-state index in [-0.39, 0.29) is 18.1 Å². The average Bonchev–Trinajstić information content (AvgIpc) is 2.53. The number of likely N-dealkylation sites (N-methyl/N-ethyl adjacent to an activating group) is 1. The summed E-state index contributed by atoms with van der Waals surface area (Å²) in [5.41, 5.74) is 0. The highest BCUT2D eigenvalue weighted by molar-refractivity contribution is 5.82. The molecule has 2 aliphatic rings. The molecule has 2 fully saturated rings. The molecule has 2 rings (SSSR count). The molecule has 0 aliphatic carbocycles. The van der Waals surface area contributed by atoms with Crippen molar-refractivity contribution >= 4 is 5.91 Å². The Hall–Kier alpha value is -0.610. The second kappa shape index (κ2) is 4.49. The zero-order chi connectivity index (χ0) is 10.8. The summed E-state index contributed by atoms with van der Waals surface area (Å²) in [5.74, 6) is 0.147. The standard InChI is InChI=1S/C11H20N2O2/c1-8-3-4-9(7-12-8)15-10-5-6-13(2)11(10)14/h8-10,12H,3-7H2,1-2H3. The molecule has 3 unspecified atom stereocenters. The first-order valence-electron chi connectivity index (χ1n) is 5.80. The van der Waals surface area contributed by atoms with Crippen molar-refractivity contribution in [3.63, 3.8) is 0 Å². The summed E-state index contributed by atoms with van der Waals surface area (Å²) >= 11 is 0. The Balaban J connectivity index is 1.80. The number of likely N-dealkylation sites (tertiary alicyclic amines) is 1. The van der Waals surface area contributed by atoms with Crippen molar-refractivity contribution in [2.24, 2.45) is 0 Å². The minimum absolute atomic E-state index is 0.147. The number of carbonyl (C=O) groups is 1. The van der Waals surface area contributed by atoms with Gasteiger partial charge in [-0.05, 0) is 19.8 Å². The Morgan fingerprint density at radius 1 is 1.40 bits per heavy atom. The van der Waals surface area contributed by atoms with Crippen molar-refractivity contribution in [2.75, 3.05) is 20.1 Å². The van der Waals surface area contributed by atoms with Gasteiger partial charge in [-0.2, -0.15) is 0 Å². The van der Waals surface area contributed by atoms with E-state index in [0.29, 0.717) is 6.04 Å². The number of piperidine rings is 1. The number of hydrogen-bond donors (Lipinski definition) is 1. The van der Waals surface area contributed by atoms with Gasteiger partial charge in [0.05, 0.1) is 6.10 Å². The molecule has 3 atom stereocenters. The van der Waals surface area contributed by atoms with Crippen molar-refractivity contribution in [2.45, 2.75) is 44.4 Å². The zero-order valence-corrected chi connectivity index (χ0v) is 9.53. The van der Waals surface area contributed by atoms with Crippen molar-refractivity contribution in [1.82, 2.24) is 10.2 Å². The maximum atomic E-state index is 11.6. The molecule has 4 nitrogen and oxygen atoms in total. The van der Waals surface area contributed by atoms with Gasteiger partial charge in [0.2, 0.25) is 0 Å². The second-order valence-corrected chi connectivity index (χ2v) is 4.68. The van der Waals surface area contributed by atoms with E-state index in [0.717, 1.165) is 32.4 Å². The largest absolute Gasteiger partial charge is 0.364 e. The van der Waals surface area contributed by atoms with Gasteiger partial charge in [-0.1, -0.05) is 0 Å². The number of nitrogens with one attached hydrogen (secondary N) is 1. The molecular formula is C11H20N2O2. The third-order valence-electron chi connectivity index (χ3n) is 3.35. The first-order chi connectivity index (χ1) is 7.16. The maximum Gasteiger partial charge on any atom is 0.251 e. The summed E-state index contributed by atoms with van der Waals surface area (Å²) in [5, 5.41) is 3.38. The predicted molar refractivity (Wildman–Crippen MR) is 57.6 cm³/mol. The van der Waals surface area contributed by atoms with Crippen molar-refractivity contribution in [3.05, 3.63) is 0 Å². The normalized spacial score (nSPS) is 37.3. The van der Waals surface area contributed by atoms with E-state index in [1.807, 2.05) is 7.05 Å². The molecule has 0 saturated carbocycles. The molecule has 2 aliphatic heterocycles. The zero-order valence-electron chi connectivity index (χ0n) is 9.53.